The van der Waals surface area contributed by atoms with Crippen molar-refractivity contribution in [1.82, 2.24) is 0 Å². The highest BCUT2D eigenvalue weighted by molar-refractivity contribution is 9.10. The van der Waals surface area contributed by atoms with Gasteiger partial charge in [0.2, 0.25) is 0 Å². The summed E-state index contributed by atoms with van der Waals surface area (Å²) in [5.41, 5.74) is 1.48. The predicted octanol–water partition coefficient (Wildman–Crippen LogP) is 3.98. The van der Waals surface area contributed by atoms with E-state index in [0.717, 1.165) is 11.8 Å². The Morgan fingerprint density at radius 3 is 2.50 bits per heavy atom. The summed E-state index contributed by atoms with van der Waals surface area (Å²) in [5.74, 6) is -0.202. The van der Waals surface area contributed by atoms with Gasteiger partial charge in [-0.3, -0.25) is 4.79 Å². The molecule has 2 rings (SSSR count). The fraction of sp³-hybridized carbons (Fsp3) is 0.0714. The maximum atomic E-state index is 13.5. The molecule has 18 heavy (non-hydrogen) atoms. The van der Waals surface area contributed by atoms with Crippen molar-refractivity contribution in [1.29, 1.82) is 0 Å². The fourth-order valence-electron chi connectivity index (χ4n) is 1.45. The van der Waals surface area contributed by atoms with E-state index in [2.05, 4.69) is 15.9 Å². The lowest BCUT2D eigenvalue weighted by Crippen LogP contribution is -1.97. The Labute approximate surface area is 113 Å². The minimum absolute atomic E-state index is 0.206. The Bertz CT molecular complexity index is 552. The minimum Gasteiger partial charge on any atom is -0.486 e. The number of aldehydes is 1. The Hall–Kier alpha value is -1.68. The first-order valence-electron chi connectivity index (χ1n) is 5.31. The van der Waals surface area contributed by atoms with Gasteiger partial charge in [-0.1, -0.05) is 40.2 Å². The van der Waals surface area contributed by atoms with Crippen LogP contribution < -0.4 is 4.74 Å². The van der Waals surface area contributed by atoms with Gasteiger partial charge in [-0.15, -0.1) is 0 Å². The van der Waals surface area contributed by atoms with Gasteiger partial charge in [-0.25, -0.2) is 4.39 Å². The molecule has 0 amide bonds. The first-order valence-corrected chi connectivity index (χ1v) is 6.10. The van der Waals surface area contributed by atoms with Gasteiger partial charge in [0, 0.05) is 10.0 Å². The van der Waals surface area contributed by atoms with Crippen molar-refractivity contribution in [2.75, 3.05) is 0 Å². The second-order valence-electron chi connectivity index (χ2n) is 3.72. The number of hydrogen-bond donors (Lipinski definition) is 0. The van der Waals surface area contributed by atoms with Crippen LogP contribution in [0.3, 0.4) is 0 Å². The van der Waals surface area contributed by atoms with Gasteiger partial charge in [0.1, 0.15) is 12.9 Å². The molecular formula is C14H10BrFO2. The number of halogens is 2. The van der Waals surface area contributed by atoms with E-state index in [4.69, 9.17) is 4.74 Å². The molecule has 2 aromatic rings. The van der Waals surface area contributed by atoms with Crippen LogP contribution in [-0.2, 0) is 6.61 Å². The summed E-state index contributed by atoms with van der Waals surface area (Å²) in [5, 5.41) is 0. The predicted molar refractivity (Wildman–Crippen MR) is 70.3 cm³/mol. The third-order valence-electron chi connectivity index (χ3n) is 2.40. The lowest BCUT2D eigenvalue weighted by Gasteiger charge is -2.07. The third kappa shape index (κ3) is 3.17. The summed E-state index contributed by atoms with van der Waals surface area (Å²) in [6.07, 6.45) is 0.777. The van der Waals surface area contributed by atoms with Crippen molar-refractivity contribution in [3.63, 3.8) is 0 Å². The number of rotatable bonds is 4. The molecule has 2 aromatic carbocycles. The van der Waals surface area contributed by atoms with Gasteiger partial charge >= 0.3 is 0 Å². The maximum Gasteiger partial charge on any atom is 0.166 e. The van der Waals surface area contributed by atoms with E-state index >= 15 is 0 Å². The normalized spacial score (nSPS) is 10.1. The van der Waals surface area contributed by atoms with E-state index in [0.29, 0.717) is 10.0 Å². The third-order valence-corrected chi connectivity index (χ3v) is 2.90. The lowest BCUT2D eigenvalue weighted by molar-refractivity contribution is 0.112. The number of ether oxygens (including phenoxy) is 1. The average molecular weight is 309 g/mol. The van der Waals surface area contributed by atoms with Crippen LogP contribution in [0.4, 0.5) is 4.39 Å². The van der Waals surface area contributed by atoms with Gasteiger partial charge in [-0.05, 0) is 23.8 Å². The molecule has 0 saturated carbocycles. The Morgan fingerprint density at radius 1 is 1.17 bits per heavy atom. The smallest absolute Gasteiger partial charge is 0.166 e. The monoisotopic (exact) mass is 308 g/mol. The molecular weight excluding hydrogens is 299 g/mol. The quantitative estimate of drug-likeness (QED) is 0.799. The number of benzene rings is 2. The highest BCUT2D eigenvalue weighted by atomic mass is 79.9. The van der Waals surface area contributed by atoms with Gasteiger partial charge in [-0.2, -0.15) is 0 Å². The van der Waals surface area contributed by atoms with Crippen LogP contribution in [0.25, 0.3) is 0 Å². The molecule has 0 aliphatic heterocycles. The van der Waals surface area contributed by atoms with E-state index in [9.17, 15) is 9.18 Å². The van der Waals surface area contributed by atoms with Crippen molar-refractivity contribution >= 4 is 22.2 Å². The van der Waals surface area contributed by atoms with Crippen LogP contribution in [0.2, 0.25) is 0 Å². The molecule has 0 spiro atoms. The molecule has 0 fully saturated rings. The molecule has 0 N–H and O–H groups in total. The van der Waals surface area contributed by atoms with Gasteiger partial charge in [0.05, 0.1) is 0 Å². The summed E-state index contributed by atoms with van der Waals surface area (Å²) in [7, 11) is 0. The van der Waals surface area contributed by atoms with Crippen LogP contribution in [0.5, 0.6) is 5.75 Å². The van der Waals surface area contributed by atoms with Crippen molar-refractivity contribution in [2.24, 2.45) is 0 Å². The lowest BCUT2D eigenvalue weighted by atomic mass is 10.2. The molecule has 0 aromatic heterocycles. The Morgan fingerprint density at radius 2 is 1.89 bits per heavy atom. The summed E-state index contributed by atoms with van der Waals surface area (Å²) in [4.78, 5) is 10.5. The minimum atomic E-state index is -0.408. The SMILES string of the molecule is O=Cc1ccc(COc2ccc(Br)cc2F)cc1. The van der Waals surface area contributed by atoms with Crippen molar-refractivity contribution < 1.29 is 13.9 Å². The first kappa shape index (κ1) is 12.8. The number of carbonyl (C=O) groups excluding carboxylic acids is 1. The van der Waals surface area contributed by atoms with Gasteiger partial charge in [0.25, 0.3) is 0 Å². The van der Waals surface area contributed by atoms with Gasteiger partial charge < -0.3 is 4.74 Å². The molecule has 0 bridgehead atoms. The summed E-state index contributed by atoms with van der Waals surface area (Å²) in [6, 6.07) is 11.6. The zero-order chi connectivity index (χ0) is 13.0. The zero-order valence-corrected chi connectivity index (χ0v) is 11.0. The standard InChI is InChI=1S/C14H10BrFO2/c15-12-5-6-14(13(16)7-12)18-9-11-3-1-10(8-17)2-4-11/h1-8H,9H2. The summed E-state index contributed by atoms with van der Waals surface area (Å²) >= 11 is 3.18. The molecule has 0 unspecified atom stereocenters. The number of carbonyl (C=O) groups is 1. The average Bonchev–Trinajstić information content (AvgIpc) is 2.38. The molecule has 0 aliphatic rings. The molecule has 0 atom stereocenters. The summed E-state index contributed by atoms with van der Waals surface area (Å²) < 4.78 is 19.5. The highest BCUT2D eigenvalue weighted by Crippen LogP contribution is 2.22. The number of hydrogen-bond acceptors (Lipinski definition) is 2. The van der Waals surface area contributed by atoms with E-state index in [1.165, 1.54) is 6.07 Å². The Kier molecular flexibility index (Phi) is 4.10. The Balaban J connectivity index is 2.04. The first-order chi connectivity index (χ1) is 8.69. The summed E-state index contributed by atoms with van der Waals surface area (Å²) in [6.45, 7) is 0.262. The topological polar surface area (TPSA) is 26.3 Å². The van der Waals surface area contributed by atoms with Crippen molar-refractivity contribution in [3.05, 3.63) is 63.9 Å². The second kappa shape index (κ2) is 5.78. The van der Waals surface area contributed by atoms with E-state index in [1.807, 2.05) is 0 Å². The fourth-order valence-corrected chi connectivity index (χ4v) is 1.78. The van der Waals surface area contributed by atoms with Crippen molar-refractivity contribution in [3.8, 4) is 5.75 Å². The molecule has 2 nitrogen and oxygen atoms in total. The van der Waals surface area contributed by atoms with Crippen LogP contribution in [0, 0.1) is 5.82 Å². The van der Waals surface area contributed by atoms with E-state index < -0.39 is 5.82 Å². The zero-order valence-electron chi connectivity index (χ0n) is 9.40. The van der Waals surface area contributed by atoms with Crippen LogP contribution in [0.1, 0.15) is 15.9 Å². The molecule has 4 heteroatoms. The van der Waals surface area contributed by atoms with Crippen LogP contribution >= 0.6 is 15.9 Å². The van der Waals surface area contributed by atoms with Gasteiger partial charge in [0.15, 0.2) is 11.6 Å². The molecule has 0 radical (unpaired) electrons. The van der Waals surface area contributed by atoms with E-state index in [1.54, 1.807) is 36.4 Å². The van der Waals surface area contributed by atoms with Crippen LogP contribution in [0.15, 0.2) is 46.9 Å². The maximum absolute atomic E-state index is 13.5. The largest absolute Gasteiger partial charge is 0.486 e. The highest BCUT2D eigenvalue weighted by Gasteiger charge is 2.04. The van der Waals surface area contributed by atoms with Crippen molar-refractivity contribution in [2.45, 2.75) is 6.61 Å². The second-order valence-corrected chi connectivity index (χ2v) is 4.64. The molecule has 0 aliphatic carbocycles. The molecule has 0 heterocycles. The van der Waals surface area contributed by atoms with E-state index in [-0.39, 0.29) is 12.4 Å². The van der Waals surface area contributed by atoms with Crippen LogP contribution in [-0.4, -0.2) is 6.29 Å². The molecule has 92 valence electrons. The molecule has 0 saturated heterocycles.